The van der Waals surface area contributed by atoms with Crippen LogP contribution in [-0.2, 0) is 0 Å². The molecule has 0 spiro atoms. The van der Waals surface area contributed by atoms with Crippen LogP contribution in [0, 0.1) is 11.3 Å². The largest absolute Gasteiger partial charge is 0.382 e. The second-order valence-corrected chi connectivity index (χ2v) is 4.39. The van der Waals surface area contributed by atoms with E-state index in [2.05, 4.69) is 25.0 Å². The highest BCUT2D eigenvalue weighted by molar-refractivity contribution is 7.98. The maximum atomic E-state index is 9.11. The van der Waals surface area contributed by atoms with Crippen LogP contribution in [0.15, 0.2) is 17.7 Å². The number of rotatable bonds is 2. The van der Waals surface area contributed by atoms with Gasteiger partial charge in [0.2, 0.25) is 0 Å². The molecule has 3 N–H and O–H groups in total. The van der Waals surface area contributed by atoms with Crippen LogP contribution in [0.25, 0.3) is 17.0 Å². The number of fused-ring (bicyclic) bond motifs is 1. The first-order chi connectivity index (χ1) is 9.26. The van der Waals surface area contributed by atoms with Gasteiger partial charge >= 0.3 is 0 Å². The molecule has 0 radical (unpaired) electrons. The molecule has 9 heteroatoms. The molecule has 3 heterocycles. The van der Waals surface area contributed by atoms with Gasteiger partial charge in [0.05, 0.1) is 6.33 Å². The van der Waals surface area contributed by atoms with Crippen LogP contribution in [-0.4, -0.2) is 36.0 Å². The Morgan fingerprint density at radius 3 is 2.95 bits per heavy atom. The Kier molecular flexibility index (Phi) is 2.57. The lowest BCUT2D eigenvalue weighted by Gasteiger charge is -2.02. The number of nitrogens with two attached hydrogens (primary N) is 1. The Morgan fingerprint density at radius 1 is 1.42 bits per heavy atom. The minimum absolute atomic E-state index is 0.251. The second kappa shape index (κ2) is 4.25. The molecule has 19 heavy (non-hydrogen) atoms. The van der Waals surface area contributed by atoms with Crippen molar-refractivity contribution in [1.29, 1.82) is 5.26 Å². The monoisotopic (exact) mass is 272 g/mol. The molecule has 0 fully saturated rings. The lowest BCUT2D eigenvalue weighted by atomic mass is 10.3. The molecule has 0 aliphatic carbocycles. The molecule has 0 aromatic carbocycles. The van der Waals surface area contributed by atoms with E-state index in [-0.39, 0.29) is 5.82 Å². The van der Waals surface area contributed by atoms with E-state index in [1.165, 1.54) is 29.1 Å². The Morgan fingerprint density at radius 2 is 2.26 bits per heavy atom. The normalized spacial score (nSPS) is 10.7. The summed E-state index contributed by atoms with van der Waals surface area (Å²) in [5, 5.41) is 14.0. The van der Waals surface area contributed by atoms with Gasteiger partial charge in [0.25, 0.3) is 0 Å². The number of nitrogens with zero attached hydrogens (tertiary/aromatic N) is 6. The van der Waals surface area contributed by atoms with Crippen LogP contribution in [0.3, 0.4) is 0 Å². The van der Waals surface area contributed by atoms with Crippen molar-refractivity contribution in [2.75, 3.05) is 12.0 Å². The Balaban J connectivity index is 2.31. The summed E-state index contributed by atoms with van der Waals surface area (Å²) in [6.45, 7) is 0. The fraction of sp³-hybridized carbons (Fsp3) is 0.100. The lowest BCUT2D eigenvalue weighted by Crippen LogP contribution is -2.05. The predicted octanol–water partition coefficient (Wildman–Crippen LogP) is 0.714. The molecule has 0 saturated heterocycles. The van der Waals surface area contributed by atoms with E-state index in [1.807, 2.05) is 12.3 Å². The maximum Gasteiger partial charge on any atom is 0.184 e. The second-order valence-electron chi connectivity index (χ2n) is 3.59. The predicted molar refractivity (Wildman–Crippen MR) is 69.7 cm³/mol. The number of anilines is 1. The number of nitriles is 1. The number of aromatic amines is 1. The lowest BCUT2D eigenvalue weighted by molar-refractivity contribution is 0.821. The number of nitrogen functional groups attached to an aromatic ring is 1. The molecule has 0 aliphatic rings. The molecule has 0 bridgehead atoms. The average Bonchev–Trinajstić information content (AvgIpc) is 3.02. The smallest absolute Gasteiger partial charge is 0.184 e. The van der Waals surface area contributed by atoms with Gasteiger partial charge in [0.15, 0.2) is 11.5 Å². The topological polar surface area (TPSA) is 122 Å². The van der Waals surface area contributed by atoms with Gasteiger partial charge in [-0.2, -0.15) is 15.0 Å². The number of thioether (sulfide) groups is 1. The van der Waals surface area contributed by atoms with Crippen LogP contribution < -0.4 is 5.73 Å². The highest BCUT2D eigenvalue weighted by atomic mass is 32.2. The van der Waals surface area contributed by atoms with Crippen LogP contribution in [0.4, 0.5) is 5.82 Å². The van der Waals surface area contributed by atoms with Crippen molar-refractivity contribution in [2.45, 2.75) is 5.03 Å². The van der Waals surface area contributed by atoms with Crippen molar-refractivity contribution in [1.82, 2.24) is 29.7 Å². The molecule has 3 aromatic heterocycles. The SMILES string of the molecule is CSc1nn(-c2ncnc3nc[nH]c23)c(N)c1C#N. The highest BCUT2D eigenvalue weighted by Gasteiger charge is 2.18. The zero-order valence-corrected chi connectivity index (χ0v) is 10.6. The maximum absolute atomic E-state index is 9.11. The molecule has 0 saturated carbocycles. The van der Waals surface area contributed by atoms with Crippen LogP contribution >= 0.6 is 11.8 Å². The number of hydrogen-bond donors (Lipinski definition) is 2. The summed E-state index contributed by atoms with van der Waals surface area (Å²) in [5.74, 6) is 0.721. The zero-order valence-electron chi connectivity index (χ0n) is 9.82. The van der Waals surface area contributed by atoms with Crippen molar-refractivity contribution < 1.29 is 0 Å². The van der Waals surface area contributed by atoms with Gasteiger partial charge in [-0.3, -0.25) is 0 Å². The molecule has 8 nitrogen and oxygen atoms in total. The summed E-state index contributed by atoms with van der Waals surface area (Å²) in [5.41, 5.74) is 7.44. The van der Waals surface area contributed by atoms with Gasteiger partial charge in [-0.1, -0.05) is 0 Å². The number of aromatic nitrogens is 6. The first-order valence-electron chi connectivity index (χ1n) is 5.23. The van der Waals surface area contributed by atoms with Gasteiger partial charge in [-0.15, -0.1) is 11.8 Å². The number of imidazole rings is 1. The van der Waals surface area contributed by atoms with Crippen molar-refractivity contribution in [3.05, 3.63) is 18.2 Å². The van der Waals surface area contributed by atoms with Gasteiger partial charge in [0.1, 0.15) is 34.3 Å². The summed E-state index contributed by atoms with van der Waals surface area (Å²) in [6, 6.07) is 2.05. The van der Waals surface area contributed by atoms with Crippen molar-refractivity contribution in [2.24, 2.45) is 0 Å². The van der Waals surface area contributed by atoms with E-state index < -0.39 is 0 Å². The number of nitrogens with one attached hydrogen (secondary N) is 1. The molecule has 0 amide bonds. The minimum Gasteiger partial charge on any atom is -0.382 e. The Hall–Kier alpha value is -2.60. The first-order valence-corrected chi connectivity index (χ1v) is 6.45. The molecular formula is C10H8N8S. The summed E-state index contributed by atoms with van der Waals surface area (Å²) < 4.78 is 1.42. The third-order valence-electron chi connectivity index (χ3n) is 2.60. The van der Waals surface area contributed by atoms with Gasteiger partial charge < -0.3 is 10.7 Å². The van der Waals surface area contributed by atoms with Crippen LogP contribution in [0.5, 0.6) is 0 Å². The third kappa shape index (κ3) is 1.61. The highest BCUT2D eigenvalue weighted by Crippen LogP contribution is 2.27. The molecule has 94 valence electrons. The summed E-state index contributed by atoms with van der Waals surface area (Å²) in [6.07, 6.45) is 4.73. The van der Waals surface area contributed by atoms with Gasteiger partial charge in [-0.25, -0.2) is 15.0 Å². The molecular weight excluding hydrogens is 264 g/mol. The summed E-state index contributed by atoms with van der Waals surface area (Å²) in [4.78, 5) is 15.2. The average molecular weight is 272 g/mol. The summed E-state index contributed by atoms with van der Waals surface area (Å²) in [7, 11) is 0. The fourth-order valence-corrected chi connectivity index (χ4v) is 2.25. The Labute approximate surface area is 111 Å². The van der Waals surface area contributed by atoms with E-state index >= 15 is 0 Å². The molecule has 3 rings (SSSR count). The van der Waals surface area contributed by atoms with Crippen molar-refractivity contribution in [3.8, 4) is 11.9 Å². The zero-order chi connectivity index (χ0) is 13.4. The summed E-state index contributed by atoms with van der Waals surface area (Å²) >= 11 is 1.35. The minimum atomic E-state index is 0.251. The fourth-order valence-electron chi connectivity index (χ4n) is 1.73. The van der Waals surface area contributed by atoms with E-state index in [1.54, 1.807) is 0 Å². The first kappa shape index (κ1) is 11.5. The quantitative estimate of drug-likeness (QED) is 0.659. The van der Waals surface area contributed by atoms with Crippen molar-refractivity contribution >= 4 is 28.7 Å². The van der Waals surface area contributed by atoms with E-state index in [4.69, 9.17) is 11.0 Å². The molecule has 3 aromatic rings. The number of hydrogen-bond acceptors (Lipinski definition) is 7. The third-order valence-corrected chi connectivity index (χ3v) is 3.27. The van der Waals surface area contributed by atoms with Crippen LogP contribution in [0.1, 0.15) is 5.56 Å². The Bertz CT molecular complexity index is 796. The van der Waals surface area contributed by atoms with E-state index in [9.17, 15) is 0 Å². The van der Waals surface area contributed by atoms with Gasteiger partial charge in [0, 0.05) is 0 Å². The number of H-pyrrole nitrogens is 1. The standard InChI is InChI=1S/C10H8N8S/c1-19-10-5(2-11)7(12)18(17-10)9-6-8(14-3-13-6)15-4-16-9/h3-4H,12H2,1H3,(H,13,14,15,16). The molecule has 0 aliphatic heterocycles. The van der Waals surface area contributed by atoms with Crippen molar-refractivity contribution in [3.63, 3.8) is 0 Å². The van der Waals surface area contributed by atoms with Gasteiger partial charge in [-0.05, 0) is 6.26 Å². The van der Waals surface area contributed by atoms with E-state index in [0.717, 1.165) is 0 Å². The van der Waals surface area contributed by atoms with E-state index in [0.29, 0.717) is 27.6 Å². The molecule has 0 unspecified atom stereocenters. The molecule has 0 atom stereocenters. The van der Waals surface area contributed by atoms with Crippen LogP contribution in [0.2, 0.25) is 0 Å².